The Morgan fingerprint density at radius 1 is 1.64 bits per heavy atom. The number of hydrogen-bond donors (Lipinski definition) is 1. The second-order valence-corrected chi connectivity index (χ2v) is 2.30. The van der Waals surface area contributed by atoms with Crippen molar-refractivity contribution in [2.24, 2.45) is 5.73 Å². The molecule has 1 rings (SSSR count). The van der Waals surface area contributed by atoms with E-state index in [9.17, 15) is 4.79 Å². The van der Waals surface area contributed by atoms with Crippen molar-refractivity contribution < 1.29 is 4.79 Å². The van der Waals surface area contributed by atoms with E-state index in [4.69, 9.17) is 17.3 Å². The maximum atomic E-state index is 10.5. The number of pyridine rings is 1. The number of nitrogens with two attached hydrogens (primary N) is 1. The third kappa shape index (κ3) is 1.91. The summed E-state index contributed by atoms with van der Waals surface area (Å²) >= 11 is 5.48. The lowest BCUT2D eigenvalue weighted by Crippen LogP contribution is -2.11. The molecule has 0 saturated heterocycles. The molecule has 0 aliphatic heterocycles. The fourth-order valence-corrected chi connectivity index (χ4v) is 0.807. The number of nitrogens with zero attached hydrogens (tertiary/aromatic N) is 1. The zero-order valence-electron chi connectivity index (χ0n) is 5.75. The number of carbonyl (C=O) groups is 1. The minimum Gasteiger partial charge on any atom is -0.366 e. The highest BCUT2D eigenvalue weighted by atomic mass is 35.5. The summed E-state index contributed by atoms with van der Waals surface area (Å²) in [7, 11) is 0. The first-order valence-corrected chi connectivity index (χ1v) is 3.58. The molecule has 11 heavy (non-hydrogen) atoms. The van der Waals surface area contributed by atoms with Crippen molar-refractivity contribution in [3.05, 3.63) is 29.6 Å². The molecule has 1 amide bonds. The van der Waals surface area contributed by atoms with Gasteiger partial charge in [-0.15, -0.1) is 11.6 Å². The van der Waals surface area contributed by atoms with E-state index in [0.29, 0.717) is 11.4 Å². The Hall–Kier alpha value is -1.09. The van der Waals surface area contributed by atoms with Crippen molar-refractivity contribution in [2.75, 3.05) is 0 Å². The van der Waals surface area contributed by atoms with E-state index in [1.165, 1.54) is 6.20 Å². The van der Waals surface area contributed by atoms with Crippen LogP contribution in [0.1, 0.15) is 16.1 Å². The first-order chi connectivity index (χ1) is 5.24. The van der Waals surface area contributed by atoms with Crippen molar-refractivity contribution >= 4 is 17.5 Å². The highest BCUT2D eigenvalue weighted by Crippen LogP contribution is 2.01. The van der Waals surface area contributed by atoms with E-state index in [1.807, 2.05) is 0 Å². The van der Waals surface area contributed by atoms with Gasteiger partial charge in [-0.25, -0.2) is 0 Å². The van der Waals surface area contributed by atoms with Crippen LogP contribution in [0.4, 0.5) is 0 Å². The van der Waals surface area contributed by atoms with Gasteiger partial charge in [0.1, 0.15) is 0 Å². The zero-order valence-corrected chi connectivity index (χ0v) is 6.51. The summed E-state index contributed by atoms with van der Waals surface area (Å²) in [6.45, 7) is 0. The van der Waals surface area contributed by atoms with Gasteiger partial charge in [0, 0.05) is 6.20 Å². The highest BCUT2D eigenvalue weighted by Gasteiger charge is 1.99. The number of alkyl halides is 1. The van der Waals surface area contributed by atoms with E-state index in [2.05, 4.69) is 4.98 Å². The maximum absolute atomic E-state index is 10.5. The Bertz CT molecular complexity index is 258. The van der Waals surface area contributed by atoms with Crippen LogP contribution in [0.15, 0.2) is 18.3 Å². The number of amides is 1. The average Bonchev–Trinajstić information content (AvgIpc) is 2.05. The topological polar surface area (TPSA) is 56.0 Å². The molecule has 0 aromatic carbocycles. The van der Waals surface area contributed by atoms with Crippen LogP contribution in [-0.4, -0.2) is 10.9 Å². The summed E-state index contributed by atoms with van der Waals surface area (Å²) in [5.74, 6) is -0.127. The first-order valence-electron chi connectivity index (χ1n) is 3.04. The van der Waals surface area contributed by atoms with Crippen LogP contribution in [0.3, 0.4) is 0 Å². The van der Waals surface area contributed by atoms with Crippen molar-refractivity contribution in [1.82, 2.24) is 4.98 Å². The average molecular weight is 171 g/mol. The van der Waals surface area contributed by atoms with Gasteiger partial charge in [-0.2, -0.15) is 0 Å². The Balaban J connectivity index is 2.91. The quantitative estimate of drug-likeness (QED) is 0.671. The molecule has 0 radical (unpaired) electrons. The van der Waals surface area contributed by atoms with Gasteiger partial charge < -0.3 is 5.73 Å². The Kier molecular flexibility index (Phi) is 2.44. The second-order valence-electron chi connectivity index (χ2n) is 2.04. The SMILES string of the molecule is NC(=O)c1ccc(CCl)nc1. The molecule has 0 aliphatic carbocycles. The Morgan fingerprint density at radius 3 is 2.73 bits per heavy atom. The molecule has 0 fully saturated rings. The van der Waals surface area contributed by atoms with E-state index < -0.39 is 5.91 Å². The first kappa shape index (κ1) is 8.01. The summed E-state index contributed by atoms with van der Waals surface area (Å²) in [5, 5.41) is 0. The predicted molar refractivity (Wildman–Crippen MR) is 42.3 cm³/mol. The molecule has 0 unspecified atom stereocenters. The molecule has 1 aromatic rings. The van der Waals surface area contributed by atoms with Crippen LogP contribution in [0.25, 0.3) is 0 Å². The van der Waals surface area contributed by atoms with E-state index >= 15 is 0 Å². The summed E-state index contributed by atoms with van der Waals surface area (Å²) in [6, 6.07) is 3.28. The third-order valence-electron chi connectivity index (χ3n) is 1.25. The van der Waals surface area contributed by atoms with Gasteiger partial charge in [0.2, 0.25) is 5.91 Å². The normalized spacial score (nSPS) is 9.55. The number of hydrogen-bond acceptors (Lipinski definition) is 2. The van der Waals surface area contributed by atoms with Gasteiger partial charge in [0.05, 0.1) is 17.1 Å². The molecular weight excluding hydrogens is 164 g/mol. The maximum Gasteiger partial charge on any atom is 0.250 e. The molecule has 0 saturated carbocycles. The van der Waals surface area contributed by atoms with Gasteiger partial charge in [0.15, 0.2) is 0 Å². The van der Waals surface area contributed by atoms with Crippen LogP contribution in [0, 0.1) is 0 Å². The monoisotopic (exact) mass is 170 g/mol. The van der Waals surface area contributed by atoms with Crippen LogP contribution in [0.2, 0.25) is 0 Å². The number of halogens is 1. The van der Waals surface area contributed by atoms with E-state index in [0.717, 1.165) is 5.69 Å². The third-order valence-corrected chi connectivity index (χ3v) is 1.52. The van der Waals surface area contributed by atoms with Crippen LogP contribution in [0.5, 0.6) is 0 Å². The minimum atomic E-state index is -0.473. The lowest BCUT2D eigenvalue weighted by atomic mass is 10.2. The standard InChI is InChI=1S/C7H7ClN2O/c8-3-6-2-1-5(4-10-6)7(9)11/h1-2,4H,3H2,(H2,9,11). The fraction of sp³-hybridized carbons (Fsp3) is 0.143. The summed E-state index contributed by atoms with van der Waals surface area (Å²) < 4.78 is 0. The second kappa shape index (κ2) is 3.34. The lowest BCUT2D eigenvalue weighted by molar-refractivity contribution is 0.1000. The molecule has 0 atom stereocenters. The smallest absolute Gasteiger partial charge is 0.250 e. The fourth-order valence-electron chi connectivity index (χ4n) is 0.649. The van der Waals surface area contributed by atoms with E-state index in [1.54, 1.807) is 12.1 Å². The van der Waals surface area contributed by atoms with E-state index in [-0.39, 0.29) is 0 Å². The predicted octanol–water partition coefficient (Wildman–Crippen LogP) is 0.919. The van der Waals surface area contributed by atoms with Crippen molar-refractivity contribution in [2.45, 2.75) is 5.88 Å². The number of primary amides is 1. The summed E-state index contributed by atoms with van der Waals surface area (Å²) in [6.07, 6.45) is 1.42. The largest absolute Gasteiger partial charge is 0.366 e. The lowest BCUT2D eigenvalue weighted by Gasteiger charge is -1.95. The van der Waals surface area contributed by atoms with Gasteiger partial charge in [-0.3, -0.25) is 9.78 Å². The molecule has 1 aromatic heterocycles. The molecule has 58 valence electrons. The zero-order chi connectivity index (χ0) is 8.27. The van der Waals surface area contributed by atoms with Gasteiger partial charge in [0.25, 0.3) is 0 Å². The molecule has 3 nitrogen and oxygen atoms in total. The molecule has 0 bridgehead atoms. The van der Waals surface area contributed by atoms with Crippen molar-refractivity contribution in [3.63, 3.8) is 0 Å². The van der Waals surface area contributed by atoms with Gasteiger partial charge in [-0.05, 0) is 12.1 Å². The number of aromatic nitrogens is 1. The highest BCUT2D eigenvalue weighted by molar-refractivity contribution is 6.16. The van der Waals surface area contributed by atoms with Crippen LogP contribution in [-0.2, 0) is 5.88 Å². The summed E-state index contributed by atoms with van der Waals surface area (Å²) in [4.78, 5) is 14.4. The number of rotatable bonds is 2. The molecule has 4 heteroatoms. The minimum absolute atomic E-state index is 0.346. The van der Waals surface area contributed by atoms with Crippen LogP contribution >= 0.6 is 11.6 Å². The van der Waals surface area contributed by atoms with Crippen molar-refractivity contribution in [3.8, 4) is 0 Å². The van der Waals surface area contributed by atoms with Gasteiger partial charge in [-0.1, -0.05) is 0 Å². The molecule has 0 aliphatic rings. The molecule has 1 heterocycles. The number of carbonyl (C=O) groups excluding carboxylic acids is 1. The Labute approximate surface area is 69.2 Å². The van der Waals surface area contributed by atoms with Crippen LogP contribution < -0.4 is 5.73 Å². The molecule has 0 spiro atoms. The summed E-state index contributed by atoms with van der Waals surface area (Å²) in [5.41, 5.74) is 6.13. The van der Waals surface area contributed by atoms with Gasteiger partial charge >= 0.3 is 0 Å². The Morgan fingerprint density at radius 2 is 2.36 bits per heavy atom. The van der Waals surface area contributed by atoms with Crippen molar-refractivity contribution in [1.29, 1.82) is 0 Å². The molecule has 2 N–H and O–H groups in total. The molecular formula is C7H7ClN2O.